The Morgan fingerprint density at radius 3 is 2.19 bits per heavy atom. The van der Waals surface area contributed by atoms with Gasteiger partial charge in [0.05, 0.1) is 11.9 Å². The zero-order chi connectivity index (χ0) is 27.0. The van der Waals surface area contributed by atoms with Crippen molar-refractivity contribution in [3.63, 3.8) is 0 Å². The number of carbonyl (C=O) groups excluding carboxylic acids is 2. The Balaban J connectivity index is 1.93. The standard InChI is InChI=1S/C29H41N3O4S/c1-5-26(29(34)30-24-16-10-7-11-17-24)31(20-23-14-8-6-9-15-23)28(33)21-32(37(4,35)36)27-19-13-12-18-25(27)22(2)3/h6,8-9,12-15,18-19,22,24,26H,5,7,10-11,16-17,20-21H2,1-4H3,(H,30,34). The summed E-state index contributed by atoms with van der Waals surface area (Å²) in [6.45, 7) is 5.72. The van der Waals surface area contributed by atoms with Crippen LogP contribution in [0.4, 0.5) is 5.69 Å². The molecular weight excluding hydrogens is 486 g/mol. The lowest BCUT2D eigenvalue weighted by atomic mass is 9.95. The number of hydrogen-bond acceptors (Lipinski definition) is 4. The molecule has 0 spiro atoms. The van der Waals surface area contributed by atoms with Crippen molar-refractivity contribution in [2.24, 2.45) is 0 Å². The Morgan fingerprint density at radius 1 is 0.973 bits per heavy atom. The first-order valence-corrected chi connectivity index (χ1v) is 15.2. The quantitative estimate of drug-likeness (QED) is 0.453. The molecule has 1 aliphatic carbocycles. The summed E-state index contributed by atoms with van der Waals surface area (Å²) >= 11 is 0. The maximum absolute atomic E-state index is 13.9. The Morgan fingerprint density at radius 2 is 1.59 bits per heavy atom. The van der Waals surface area contributed by atoms with Crippen molar-refractivity contribution in [1.29, 1.82) is 0 Å². The van der Waals surface area contributed by atoms with Crippen LogP contribution in [0, 0.1) is 0 Å². The van der Waals surface area contributed by atoms with Gasteiger partial charge in [0.2, 0.25) is 21.8 Å². The molecule has 1 fully saturated rings. The summed E-state index contributed by atoms with van der Waals surface area (Å²) < 4.78 is 27.0. The minimum atomic E-state index is -3.77. The van der Waals surface area contributed by atoms with E-state index in [0.717, 1.165) is 43.1 Å². The van der Waals surface area contributed by atoms with Gasteiger partial charge < -0.3 is 10.2 Å². The second-order valence-corrected chi connectivity index (χ2v) is 12.2. The first kappa shape index (κ1) is 28.7. The first-order chi connectivity index (χ1) is 17.6. The maximum atomic E-state index is 13.9. The molecule has 37 heavy (non-hydrogen) atoms. The summed E-state index contributed by atoms with van der Waals surface area (Å²) in [4.78, 5) is 28.9. The van der Waals surface area contributed by atoms with Crippen LogP contribution in [-0.2, 0) is 26.2 Å². The molecule has 1 aliphatic rings. The highest BCUT2D eigenvalue weighted by Crippen LogP contribution is 2.29. The van der Waals surface area contributed by atoms with Crippen molar-refractivity contribution in [2.75, 3.05) is 17.1 Å². The molecule has 7 nitrogen and oxygen atoms in total. The molecular formula is C29H41N3O4S. The van der Waals surface area contributed by atoms with E-state index in [-0.39, 0.29) is 31.0 Å². The molecule has 0 bridgehead atoms. The molecule has 1 unspecified atom stereocenters. The largest absolute Gasteiger partial charge is 0.352 e. The predicted molar refractivity (Wildman–Crippen MR) is 149 cm³/mol. The zero-order valence-electron chi connectivity index (χ0n) is 22.5. The molecule has 3 rings (SSSR count). The predicted octanol–water partition coefficient (Wildman–Crippen LogP) is 4.83. The fourth-order valence-corrected chi connectivity index (χ4v) is 5.91. The van der Waals surface area contributed by atoms with Gasteiger partial charge in [-0.3, -0.25) is 13.9 Å². The third-order valence-corrected chi connectivity index (χ3v) is 8.17. The van der Waals surface area contributed by atoms with E-state index in [1.165, 1.54) is 10.7 Å². The fourth-order valence-electron chi connectivity index (χ4n) is 5.04. The molecule has 0 heterocycles. The Hall–Kier alpha value is -2.87. The summed E-state index contributed by atoms with van der Waals surface area (Å²) in [5, 5.41) is 3.17. The van der Waals surface area contributed by atoms with E-state index in [1.807, 2.05) is 63.2 Å². The van der Waals surface area contributed by atoms with Crippen LogP contribution < -0.4 is 9.62 Å². The van der Waals surface area contributed by atoms with Crippen LogP contribution in [0.1, 0.15) is 76.3 Å². The number of carbonyl (C=O) groups is 2. The van der Waals surface area contributed by atoms with Crippen molar-refractivity contribution in [2.45, 2.75) is 83.8 Å². The van der Waals surface area contributed by atoms with E-state index < -0.39 is 22.0 Å². The third kappa shape index (κ3) is 7.81. The summed E-state index contributed by atoms with van der Waals surface area (Å²) in [6, 6.07) is 16.2. The lowest BCUT2D eigenvalue weighted by Gasteiger charge is -2.34. The second kappa shape index (κ2) is 13.1. The third-order valence-electron chi connectivity index (χ3n) is 7.04. The molecule has 0 saturated heterocycles. The fraction of sp³-hybridized carbons (Fsp3) is 0.517. The van der Waals surface area contributed by atoms with Crippen LogP contribution in [0.2, 0.25) is 0 Å². The van der Waals surface area contributed by atoms with E-state index in [0.29, 0.717) is 12.1 Å². The number of amides is 2. The molecule has 8 heteroatoms. The van der Waals surface area contributed by atoms with Gasteiger partial charge in [0, 0.05) is 12.6 Å². The van der Waals surface area contributed by atoms with Gasteiger partial charge in [-0.2, -0.15) is 0 Å². The average Bonchev–Trinajstić information content (AvgIpc) is 2.87. The molecule has 1 N–H and O–H groups in total. The van der Waals surface area contributed by atoms with Gasteiger partial charge in [-0.05, 0) is 42.4 Å². The molecule has 0 aliphatic heterocycles. The molecule has 202 valence electrons. The zero-order valence-corrected chi connectivity index (χ0v) is 23.3. The Kier molecular flexibility index (Phi) is 10.1. The number of nitrogens with one attached hydrogen (secondary N) is 1. The molecule has 2 amide bonds. The van der Waals surface area contributed by atoms with Gasteiger partial charge in [-0.15, -0.1) is 0 Å². The summed E-state index contributed by atoms with van der Waals surface area (Å²) in [6.07, 6.45) is 6.80. The van der Waals surface area contributed by atoms with Crippen LogP contribution in [0.25, 0.3) is 0 Å². The summed E-state index contributed by atoms with van der Waals surface area (Å²) in [5.74, 6) is -0.508. The van der Waals surface area contributed by atoms with Gasteiger partial charge in [0.25, 0.3) is 0 Å². The topological polar surface area (TPSA) is 86.8 Å². The Bertz CT molecular complexity index is 1140. The van der Waals surface area contributed by atoms with Gasteiger partial charge in [-0.25, -0.2) is 8.42 Å². The molecule has 1 atom stereocenters. The summed E-state index contributed by atoms with van der Waals surface area (Å²) in [7, 11) is -3.77. The highest BCUT2D eigenvalue weighted by atomic mass is 32.2. The number of benzene rings is 2. The van der Waals surface area contributed by atoms with Crippen molar-refractivity contribution in [3.05, 3.63) is 65.7 Å². The first-order valence-electron chi connectivity index (χ1n) is 13.3. The van der Waals surface area contributed by atoms with Crippen molar-refractivity contribution < 1.29 is 18.0 Å². The van der Waals surface area contributed by atoms with Crippen LogP contribution >= 0.6 is 0 Å². The number of nitrogens with zero attached hydrogens (tertiary/aromatic N) is 2. The lowest BCUT2D eigenvalue weighted by Crippen LogP contribution is -2.54. The highest BCUT2D eigenvalue weighted by molar-refractivity contribution is 7.92. The number of sulfonamides is 1. The van der Waals surface area contributed by atoms with Crippen LogP contribution in [-0.4, -0.2) is 50.0 Å². The monoisotopic (exact) mass is 527 g/mol. The van der Waals surface area contributed by atoms with Gasteiger partial charge in [-0.1, -0.05) is 88.6 Å². The number of rotatable bonds is 11. The van der Waals surface area contributed by atoms with E-state index >= 15 is 0 Å². The normalized spacial score (nSPS) is 15.3. The molecule has 0 aromatic heterocycles. The minimum absolute atomic E-state index is 0.0700. The van der Waals surface area contributed by atoms with E-state index in [4.69, 9.17) is 0 Å². The second-order valence-electron chi connectivity index (χ2n) is 10.3. The molecule has 2 aromatic rings. The van der Waals surface area contributed by atoms with Gasteiger partial charge in [0.1, 0.15) is 12.6 Å². The highest BCUT2D eigenvalue weighted by Gasteiger charge is 2.33. The van der Waals surface area contributed by atoms with Crippen LogP contribution in [0.5, 0.6) is 0 Å². The lowest BCUT2D eigenvalue weighted by molar-refractivity contribution is -0.140. The molecule has 1 saturated carbocycles. The Labute approximate surface area is 222 Å². The molecule has 0 radical (unpaired) electrons. The van der Waals surface area contributed by atoms with E-state index in [9.17, 15) is 18.0 Å². The number of hydrogen-bond donors (Lipinski definition) is 1. The summed E-state index contributed by atoms with van der Waals surface area (Å²) in [5.41, 5.74) is 2.22. The molecule has 2 aromatic carbocycles. The van der Waals surface area contributed by atoms with Gasteiger partial charge >= 0.3 is 0 Å². The van der Waals surface area contributed by atoms with Crippen molar-refractivity contribution >= 4 is 27.5 Å². The maximum Gasteiger partial charge on any atom is 0.244 e. The van der Waals surface area contributed by atoms with E-state index in [2.05, 4.69) is 5.32 Å². The average molecular weight is 528 g/mol. The number of anilines is 1. The number of para-hydroxylation sites is 1. The van der Waals surface area contributed by atoms with Gasteiger partial charge in [0.15, 0.2) is 0 Å². The minimum Gasteiger partial charge on any atom is -0.352 e. The van der Waals surface area contributed by atoms with Crippen molar-refractivity contribution in [3.8, 4) is 0 Å². The smallest absolute Gasteiger partial charge is 0.244 e. The van der Waals surface area contributed by atoms with Crippen LogP contribution in [0.15, 0.2) is 54.6 Å². The SMILES string of the molecule is CCC(C(=O)NC1CCCCC1)N(Cc1ccccc1)C(=O)CN(c1ccccc1C(C)C)S(C)(=O)=O. The van der Waals surface area contributed by atoms with Crippen LogP contribution in [0.3, 0.4) is 0 Å². The van der Waals surface area contributed by atoms with Crippen molar-refractivity contribution in [1.82, 2.24) is 10.2 Å². The van der Waals surface area contributed by atoms with E-state index in [1.54, 1.807) is 17.0 Å².